The second-order valence-corrected chi connectivity index (χ2v) is 7.62. The molecule has 1 aliphatic carbocycles. The highest BCUT2D eigenvalue weighted by atomic mass is 19.4. The van der Waals surface area contributed by atoms with Crippen molar-refractivity contribution in [3.8, 4) is 11.4 Å². The summed E-state index contributed by atoms with van der Waals surface area (Å²) in [5.41, 5.74) is 1.37. The van der Waals surface area contributed by atoms with Gasteiger partial charge in [0.2, 0.25) is 0 Å². The molecule has 1 heterocycles. The minimum Gasteiger partial charge on any atom is -0.497 e. The van der Waals surface area contributed by atoms with E-state index in [2.05, 4.69) is 5.10 Å². The van der Waals surface area contributed by atoms with Crippen molar-refractivity contribution in [2.24, 2.45) is 0 Å². The summed E-state index contributed by atoms with van der Waals surface area (Å²) in [7, 11) is 1.60. The lowest BCUT2D eigenvalue weighted by molar-refractivity contribution is -0.137. The topological polar surface area (TPSA) is 47.4 Å². The van der Waals surface area contributed by atoms with E-state index in [4.69, 9.17) is 4.74 Å². The van der Waals surface area contributed by atoms with Gasteiger partial charge in [-0.05, 0) is 55.7 Å². The summed E-state index contributed by atoms with van der Waals surface area (Å²) in [6, 6.07) is 12.6. The molecule has 2 aromatic carbocycles. The Bertz CT molecular complexity index is 1090. The number of carbonyl (C=O) groups is 1. The number of methoxy groups -OCH3 is 1. The number of aromatic nitrogens is 2. The molecule has 1 amide bonds. The van der Waals surface area contributed by atoms with Crippen LogP contribution in [-0.2, 0) is 12.7 Å². The maximum absolute atomic E-state index is 13.3. The lowest BCUT2D eigenvalue weighted by Gasteiger charge is -2.22. The van der Waals surface area contributed by atoms with Gasteiger partial charge in [-0.3, -0.25) is 4.79 Å². The average Bonchev–Trinajstić information content (AvgIpc) is 3.53. The standard InChI is InChI=1S/C23H22F3N3O2/c1-15-21(13-27-29(15)19-5-3-4-17(12-19)23(24,25)26)22(30)28(18-8-9-18)14-16-6-10-20(31-2)11-7-16/h3-7,10-13,18H,8-9,14H2,1-2H3. The molecular weight excluding hydrogens is 407 g/mol. The van der Waals surface area contributed by atoms with Crippen LogP contribution < -0.4 is 4.74 Å². The summed E-state index contributed by atoms with van der Waals surface area (Å²) in [4.78, 5) is 15.1. The van der Waals surface area contributed by atoms with Crippen LogP contribution in [-0.4, -0.2) is 33.7 Å². The first-order valence-corrected chi connectivity index (χ1v) is 9.94. The molecule has 3 aromatic rings. The highest BCUT2D eigenvalue weighted by Crippen LogP contribution is 2.32. The Hall–Kier alpha value is -3.29. The molecule has 31 heavy (non-hydrogen) atoms. The van der Waals surface area contributed by atoms with E-state index in [1.54, 1.807) is 20.1 Å². The van der Waals surface area contributed by atoms with Crippen LogP contribution in [0.4, 0.5) is 13.2 Å². The van der Waals surface area contributed by atoms with Crippen molar-refractivity contribution in [3.63, 3.8) is 0 Å². The summed E-state index contributed by atoms with van der Waals surface area (Å²) in [5, 5.41) is 4.21. The average molecular weight is 429 g/mol. The van der Waals surface area contributed by atoms with Crippen molar-refractivity contribution in [3.05, 3.63) is 77.1 Å². The first-order chi connectivity index (χ1) is 14.8. The van der Waals surface area contributed by atoms with Gasteiger partial charge in [0.05, 0.1) is 35.8 Å². The van der Waals surface area contributed by atoms with E-state index in [9.17, 15) is 18.0 Å². The first kappa shape index (κ1) is 21.0. The molecular formula is C23H22F3N3O2. The molecule has 0 bridgehead atoms. The number of amides is 1. The van der Waals surface area contributed by atoms with Gasteiger partial charge in [0, 0.05) is 12.6 Å². The van der Waals surface area contributed by atoms with E-state index in [0.29, 0.717) is 17.8 Å². The molecule has 0 unspecified atom stereocenters. The van der Waals surface area contributed by atoms with Gasteiger partial charge in [-0.15, -0.1) is 0 Å². The van der Waals surface area contributed by atoms with E-state index in [0.717, 1.165) is 36.3 Å². The Morgan fingerprint density at radius 2 is 1.90 bits per heavy atom. The van der Waals surface area contributed by atoms with Crippen molar-refractivity contribution in [2.45, 2.75) is 38.5 Å². The molecule has 0 atom stereocenters. The SMILES string of the molecule is COc1ccc(CN(C(=O)c2cnn(-c3cccc(C(F)(F)F)c3)c2C)C2CC2)cc1. The lowest BCUT2D eigenvalue weighted by Crippen LogP contribution is -2.32. The van der Waals surface area contributed by atoms with Crippen molar-refractivity contribution in [1.29, 1.82) is 0 Å². The fourth-order valence-electron chi connectivity index (χ4n) is 3.53. The van der Waals surface area contributed by atoms with Crippen LogP contribution in [0.15, 0.2) is 54.7 Å². The molecule has 0 saturated heterocycles. The van der Waals surface area contributed by atoms with Gasteiger partial charge >= 0.3 is 6.18 Å². The van der Waals surface area contributed by atoms with Gasteiger partial charge < -0.3 is 9.64 Å². The van der Waals surface area contributed by atoms with Crippen LogP contribution in [0.1, 0.15) is 40.0 Å². The van der Waals surface area contributed by atoms with Crippen LogP contribution in [0, 0.1) is 6.92 Å². The second kappa shape index (κ2) is 8.09. The van der Waals surface area contributed by atoms with Gasteiger partial charge in [0.15, 0.2) is 0 Å². The highest BCUT2D eigenvalue weighted by molar-refractivity contribution is 5.95. The third-order valence-electron chi connectivity index (χ3n) is 5.42. The molecule has 0 aliphatic heterocycles. The van der Waals surface area contributed by atoms with Crippen molar-refractivity contribution in [2.75, 3.05) is 7.11 Å². The fourth-order valence-corrected chi connectivity index (χ4v) is 3.53. The zero-order valence-corrected chi connectivity index (χ0v) is 17.2. The molecule has 0 radical (unpaired) electrons. The Morgan fingerprint density at radius 1 is 1.19 bits per heavy atom. The highest BCUT2D eigenvalue weighted by Gasteiger charge is 2.35. The number of ether oxygens (including phenoxy) is 1. The number of nitrogens with zero attached hydrogens (tertiary/aromatic N) is 3. The number of halogens is 3. The van der Waals surface area contributed by atoms with Crippen molar-refractivity contribution in [1.82, 2.24) is 14.7 Å². The molecule has 4 rings (SSSR count). The summed E-state index contributed by atoms with van der Waals surface area (Å²) < 4.78 is 45.8. The molecule has 1 saturated carbocycles. The minimum absolute atomic E-state index is 0.158. The normalized spacial score (nSPS) is 13.8. The Balaban J connectivity index is 1.60. The van der Waals surface area contributed by atoms with Crippen molar-refractivity contribution >= 4 is 5.91 Å². The van der Waals surface area contributed by atoms with E-state index in [-0.39, 0.29) is 17.6 Å². The Labute approximate surface area is 178 Å². The van der Waals surface area contributed by atoms with Crippen molar-refractivity contribution < 1.29 is 22.7 Å². The summed E-state index contributed by atoms with van der Waals surface area (Å²) in [5.74, 6) is 0.570. The third kappa shape index (κ3) is 4.42. The van der Waals surface area contributed by atoms with Crippen LogP contribution in [0.2, 0.25) is 0 Å². The molecule has 0 N–H and O–H groups in total. The summed E-state index contributed by atoms with van der Waals surface area (Å²) in [6.07, 6.45) is -1.15. The number of hydrogen-bond donors (Lipinski definition) is 0. The van der Waals surface area contributed by atoms with Gasteiger partial charge in [-0.25, -0.2) is 4.68 Å². The van der Waals surface area contributed by atoms with E-state index < -0.39 is 11.7 Å². The number of alkyl halides is 3. The number of carbonyl (C=O) groups excluding carboxylic acids is 1. The van der Waals surface area contributed by atoms with E-state index in [1.165, 1.54) is 16.9 Å². The van der Waals surface area contributed by atoms with E-state index >= 15 is 0 Å². The van der Waals surface area contributed by atoms with E-state index in [1.807, 2.05) is 29.2 Å². The maximum atomic E-state index is 13.3. The Kier molecular flexibility index (Phi) is 5.47. The van der Waals surface area contributed by atoms with Crippen LogP contribution in [0.3, 0.4) is 0 Å². The predicted octanol–water partition coefficient (Wildman–Crippen LogP) is 5.01. The number of rotatable bonds is 6. The smallest absolute Gasteiger partial charge is 0.416 e. The summed E-state index contributed by atoms with van der Waals surface area (Å²) in [6.45, 7) is 2.14. The molecule has 1 aliphatic rings. The molecule has 0 spiro atoms. The largest absolute Gasteiger partial charge is 0.497 e. The van der Waals surface area contributed by atoms with Crippen LogP contribution in [0.25, 0.3) is 5.69 Å². The molecule has 1 fully saturated rings. The zero-order valence-electron chi connectivity index (χ0n) is 17.2. The monoisotopic (exact) mass is 429 g/mol. The maximum Gasteiger partial charge on any atom is 0.416 e. The van der Waals surface area contributed by atoms with Crippen LogP contribution in [0.5, 0.6) is 5.75 Å². The number of benzene rings is 2. The van der Waals surface area contributed by atoms with Gasteiger partial charge in [0.25, 0.3) is 5.91 Å². The molecule has 1 aromatic heterocycles. The minimum atomic E-state index is -4.45. The quantitative estimate of drug-likeness (QED) is 0.553. The van der Waals surface area contributed by atoms with Crippen LogP contribution >= 0.6 is 0 Å². The molecule has 5 nitrogen and oxygen atoms in total. The Morgan fingerprint density at radius 3 is 2.52 bits per heavy atom. The number of hydrogen-bond acceptors (Lipinski definition) is 3. The fraction of sp³-hybridized carbons (Fsp3) is 0.304. The van der Waals surface area contributed by atoms with Gasteiger partial charge in [-0.2, -0.15) is 18.3 Å². The summed E-state index contributed by atoms with van der Waals surface area (Å²) >= 11 is 0. The van der Waals surface area contributed by atoms with Gasteiger partial charge in [-0.1, -0.05) is 18.2 Å². The van der Waals surface area contributed by atoms with Gasteiger partial charge in [0.1, 0.15) is 5.75 Å². The second-order valence-electron chi connectivity index (χ2n) is 7.62. The molecule has 8 heteroatoms. The third-order valence-corrected chi connectivity index (χ3v) is 5.42. The predicted molar refractivity (Wildman–Crippen MR) is 109 cm³/mol. The molecule has 162 valence electrons. The first-order valence-electron chi connectivity index (χ1n) is 9.94. The zero-order chi connectivity index (χ0) is 22.2. The lowest BCUT2D eigenvalue weighted by atomic mass is 10.1.